The summed E-state index contributed by atoms with van der Waals surface area (Å²) in [6.07, 6.45) is 0.859. The molecule has 1 N–H and O–H groups in total. The maximum atomic E-state index is 13.5. The Kier molecular flexibility index (Phi) is 3.83. The summed E-state index contributed by atoms with van der Waals surface area (Å²) >= 11 is 11.2. The summed E-state index contributed by atoms with van der Waals surface area (Å²) in [5.74, 6) is -0.439. The summed E-state index contributed by atoms with van der Waals surface area (Å²) in [6.45, 7) is 2.80. The molecule has 0 aliphatic heterocycles. The van der Waals surface area contributed by atoms with Gasteiger partial charge in [0.05, 0.1) is 16.1 Å². The first kappa shape index (κ1) is 14.3. The van der Waals surface area contributed by atoms with Crippen molar-refractivity contribution in [2.45, 2.75) is 19.9 Å². The fraction of sp³-hybridized carbons (Fsp3) is 0.188. The quantitative estimate of drug-likeness (QED) is 0.670. The number of rotatable bonds is 3. The van der Waals surface area contributed by atoms with Gasteiger partial charge in [-0.3, -0.25) is 0 Å². The van der Waals surface area contributed by atoms with Gasteiger partial charge in [-0.15, -0.1) is 0 Å². The van der Waals surface area contributed by atoms with Crippen molar-refractivity contribution in [3.8, 4) is 0 Å². The second-order valence-corrected chi connectivity index (χ2v) is 5.90. The Balaban J connectivity index is 1.95. The van der Waals surface area contributed by atoms with Crippen LogP contribution in [-0.2, 0) is 13.0 Å². The lowest BCUT2D eigenvalue weighted by Crippen LogP contribution is -2.01. The summed E-state index contributed by atoms with van der Waals surface area (Å²) in [4.78, 5) is 3.02. The van der Waals surface area contributed by atoms with Crippen molar-refractivity contribution in [2.75, 3.05) is 0 Å². The molecule has 21 heavy (non-hydrogen) atoms. The van der Waals surface area contributed by atoms with Gasteiger partial charge in [-0.05, 0) is 37.2 Å². The maximum Gasteiger partial charge on any atom is 0.178 e. The van der Waals surface area contributed by atoms with Crippen molar-refractivity contribution >= 4 is 34.9 Å². The van der Waals surface area contributed by atoms with E-state index in [0.717, 1.165) is 18.5 Å². The number of fused-ring (bicyclic) bond motifs is 1. The van der Waals surface area contributed by atoms with Crippen LogP contribution in [0.15, 0.2) is 36.4 Å². The lowest BCUT2D eigenvalue weighted by molar-refractivity contribution is 0.629. The van der Waals surface area contributed by atoms with E-state index in [9.17, 15) is 4.39 Å². The van der Waals surface area contributed by atoms with E-state index < -0.39 is 5.82 Å². The summed E-state index contributed by atoms with van der Waals surface area (Å²) in [5.41, 5.74) is 3.99. The van der Waals surface area contributed by atoms with Crippen molar-refractivity contribution in [3.63, 3.8) is 0 Å². The number of aromatic nitrogens is 2. The number of aryl methyl sites for hydroxylation is 3. The van der Waals surface area contributed by atoms with Crippen LogP contribution in [0.5, 0.6) is 0 Å². The van der Waals surface area contributed by atoms with Crippen LogP contribution >= 0.6 is 23.8 Å². The van der Waals surface area contributed by atoms with Gasteiger partial charge in [0.1, 0.15) is 5.82 Å². The first-order chi connectivity index (χ1) is 10.0. The van der Waals surface area contributed by atoms with E-state index in [2.05, 4.69) is 30.1 Å². The SMILES string of the molecule is Cc1cccc(CCn2c(=S)[nH]c3cc(F)c(Cl)cc32)c1. The lowest BCUT2D eigenvalue weighted by Gasteiger charge is -2.06. The second-order valence-electron chi connectivity index (χ2n) is 5.10. The van der Waals surface area contributed by atoms with Gasteiger partial charge in [-0.2, -0.15) is 0 Å². The second kappa shape index (κ2) is 5.62. The van der Waals surface area contributed by atoms with E-state index in [1.165, 1.54) is 17.2 Å². The molecule has 1 aromatic heterocycles. The van der Waals surface area contributed by atoms with Gasteiger partial charge in [0, 0.05) is 12.6 Å². The average Bonchev–Trinajstić information content (AvgIpc) is 2.72. The fourth-order valence-electron chi connectivity index (χ4n) is 2.48. The highest BCUT2D eigenvalue weighted by molar-refractivity contribution is 7.71. The number of H-pyrrole nitrogens is 1. The van der Waals surface area contributed by atoms with Gasteiger partial charge < -0.3 is 9.55 Å². The van der Waals surface area contributed by atoms with Gasteiger partial charge >= 0.3 is 0 Å². The van der Waals surface area contributed by atoms with E-state index in [1.54, 1.807) is 6.07 Å². The molecule has 1 heterocycles. The zero-order valence-electron chi connectivity index (χ0n) is 11.5. The fourth-order valence-corrected chi connectivity index (χ4v) is 2.94. The number of benzene rings is 2. The molecule has 3 aromatic rings. The summed E-state index contributed by atoms with van der Waals surface area (Å²) in [6, 6.07) is 11.4. The Bertz CT molecular complexity index is 866. The molecule has 0 amide bonds. The van der Waals surface area contributed by atoms with Gasteiger partial charge in [0.15, 0.2) is 4.77 Å². The molecule has 0 atom stereocenters. The highest BCUT2D eigenvalue weighted by Gasteiger charge is 2.09. The van der Waals surface area contributed by atoms with Crippen LogP contribution in [0.4, 0.5) is 4.39 Å². The number of halogens is 2. The summed E-state index contributed by atoms with van der Waals surface area (Å²) in [7, 11) is 0. The molecule has 0 bridgehead atoms. The van der Waals surface area contributed by atoms with E-state index >= 15 is 0 Å². The summed E-state index contributed by atoms with van der Waals surface area (Å²) in [5, 5.41) is 0.112. The number of nitrogens with zero attached hydrogens (tertiary/aromatic N) is 1. The Morgan fingerprint density at radius 3 is 2.86 bits per heavy atom. The van der Waals surface area contributed by atoms with Crippen LogP contribution in [0.25, 0.3) is 11.0 Å². The van der Waals surface area contributed by atoms with Gasteiger partial charge in [-0.1, -0.05) is 41.4 Å². The van der Waals surface area contributed by atoms with Crippen molar-refractivity contribution < 1.29 is 4.39 Å². The smallest absolute Gasteiger partial charge is 0.178 e. The van der Waals surface area contributed by atoms with E-state index in [-0.39, 0.29) is 5.02 Å². The lowest BCUT2D eigenvalue weighted by atomic mass is 10.1. The van der Waals surface area contributed by atoms with Crippen LogP contribution in [0.1, 0.15) is 11.1 Å². The van der Waals surface area contributed by atoms with Crippen LogP contribution in [0.2, 0.25) is 5.02 Å². The van der Waals surface area contributed by atoms with E-state index in [1.807, 2.05) is 10.6 Å². The predicted molar refractivity (Wildman–Crippen MR) is 87.0 cm³/mol. The number of hydrogen-bond donors (Lipinski definition) is 1. The Morgan fingerprint density at radius 1 is 1.29 bits per heavy atom. The highest BCUT2D eigenvalue weighted by Crippen LogP contribution is 2.23. The molecule has 0 aliphatic carbocycles. The monoisotopic (exact) mass is 320 g/mol. The third-order valence-electron chi connectivity index (χ3n) is 3.52. The van der Waals surface area contributed by atoms with Crippen molar-refractivity contribution in [2.24, 2.45) is 0 Å². The van der Waals surface area contributed by atoms with Crippen LogP contribution in [0, 0.1) is 17.5 Å². The summed E-state index contributed by atoms with van der Waals surface area (Å²) < 4.78 is 16.0. The zero-order valence-corrected chi connectivity index (χ0v) is 13.1. The molecule has 108 valence electrons. The molecule has 0 unspecified atom stereocenters. The van der Waals surface area contributed by atoms with E-state index in [0.29, 0.717) is 10.3 Å². The molecule has 0 saturated carbocycles. The minimum atomic E-state index is -0.439. The average molecular weight is 321 g/mol. The Labute approximate surface area is 132 Å². The third kappa shape index (κ3) is 2.87. The van der Waals surface area contributed by atoms with Crippen LogP contribution < -0.4 is 0 Å². The molecular weight excluding hydrogens is 307 g/mol. The maximum absolute atomic E-state index is 13.5. The highest BCUT2D eigenvalue weighted by atomic mass is 35.5. The van der Waals surface area contributed by atoms with E-state index in [4.69, 9.17) is 23.8 Å². The topological polar surface area (TPSA) is 20.7 Å². The normalized spacial score (nSPS) is 11.2. The van der Waals surface area contributed by atoms with Crippen LogP contribution in [-0.4, -0.2) is 9.55 Å². The molecular formula is C16H14ClFN2S. The first-order valence-corrected chi connectivity index (χ1v) is 7.46. The standard InChI is InChI=1S/C16H14ClFN2S/c1-10-3-2-4-11(7-10)5-6-20-15-8-12(17)13(18)9-14(15)19-16(20)21/h2-4,7-9H,5-6H2,1H3,(H,19,21). The van der Waals surface area contributed by atoms with Crippen molar-refractivity contribution in [3.05, 3.63) is 63.1 Å². The molecule has 2 aromatic carbocycles. The van der Waals surface area contributed by atoms with Crippen molar-refractivity contribution in [1.82, 2.24) is 9.55 Å². The largest absolute Gasteiger partial charge is 0.330 e. The van der Waals surface area contributed by atoms with Gasteiger partial charge in [0.2, 0.25) is 0 Å². The molecule has 3 rings (SSSR count). The van der Waals surface area contributed by atoms with Gasteiger partial charge in [-0.25, -0.2) is 4.39 Å². The molecule has 5 heteroatoms. The number of hydrogen-bond acceptors (Lipinski definition) is 1. The minimum Gasteiger partial charge on any atom is -0.330 e. The molecule has 0 fully saturated rings. The number of aromatic amines is 1. The van der Waals surface area contributed by atoms with Crippen LogP contribution in [0.3, 0.4) is 0 Å². The predicted octanol–water partition coefficient (Wildman–Crippen LogP) is 5.04. The molecule has 0 spiro atoms. The first-order valence-electron chi connectivity index (χ1n) is 6.68. The number of nitrogens with one attached hydrogen (secondary N) is 1. The molecule has 2 nitrogen and oxygen atoms in total. The molecule has 0 saturated heterocycles. The molecule has 0 radical (unpaired) electrons. The molecule has 0 aliphatic rings. The minimum absolute atomic E-state index is 0.112. The Hall–Kier alpha value is -1.65. The zero-order chi connectivity index (χ0) is 15.0. The van der Waals surface area contributed by atoms with Gasteiger partial charge in [0.25, 0.3) is 0 Å². The number of imidazole rings is 1. The Morgan fingerprint density at radius 2 is 2.10 bits per heavy atom. The van der Waals surface area contributed by atoms with Crippen molar-refractivity contribution in [1.29, 1.82) is 0 Å². The third-order valence-corrected chi connectivity index (χ3v) is 4.13.